The normalized spacial score (nSPS) is 16.0. The average molecular weight is 463 g/mol. The summed E-state index contributed by atoms with van der Waals surface area (Å²) in [6.07, 6.45) is -4.79. The summed E-state index contributed by atoms with van der Waals surface area (Å²) in [4.78, 5) is 13.5. The Morgan fingerprint density at radius 1 is 1.07 bits per heavy atom. The molecule has 11 heteroatoms. The highest BCUT2D eigenvalue weighted by molar-refractivity contribution is 7.89. The van der Waals surface area contributed by atoms with Gasteiger partial charge < -0.3 is 10.0 Å². The molecule has 0 aromatic heterocycles. The molecule has 1 fully saturated rings. The number of amides is 1. The number of rotatable bonds is 3. The Balaban J connectivity index is 1.76. The topological polar surface area (TPSA) is 77.9 Å². The van der Waals surface area contributed by atoms with Gasteiger partial charge in [-0.2, -0.15) is 17.5 Å². The van der Waals surface area contributed by atoms with Crippen LogP contribution in [0.5, 0.6) is 5.75 Å². The van der Waals surface area contributed by atoms with Crippen LogP contribution in [0.2, 0.25) is 5.02 Å². The molecule has 3 rings (SSSR count). The van der Waals surface area contributed by atoms with E-state index in [9.17, 15) is 31.5 Å². The van der Waals surface area contributed by atoms with Crippen LogP contribution in [0.25, 0.3) is 0 Å². The number of aryl methyl sites for hydroxylation is 1. The maximum Gasteiger partial charge on any atom is 0.417 e. The van der Waals surface area contributed by atoms with Crippen molar-refractivity contribution in [3.05, 3.63) is 58.1 Å². The lowest BCUT2D eigenvalue weighted by Crippen LogP contribution is -2.50. The third-order valence-corrected chi connectivity index (χ3v) is 7.01. The highest BCUT2D eigenvalue weighted by Crippen LogP contribution is 2.36. The van der Waals surface area contributed by atoms with Crippen molar-refractivity contribution in [2.24, 2.45) is 0 Å². The van der Waals surface area contributed by atoms with E-state index in [0.717, 1.165) is 22.0 Å². The number of phenols is 1. The van der Waals surface area contributed by atoms with Crippen molar-refractivity contribution >= 4 is 27.5 Å². The monoisotopic (exact) mass is 462 g/mol. The van der Waals surface area contributed by atoms with Crippen LogP contribution in [0.4, 0.5) is 13.2 Å². The molecule has 0 aliphatic carbocycles. The van der Waals surface area contributed by atoms with Crippen LogP contribution < -0.4 is 0 Å². The van der Waals surface area contributed by atoms with Gasteiger partial charge in [-0.25, -0.2) is 8.42 Å². The first-order valence-electron chi connectivity index (χ1n) is 8.87. The van der Waals surface area contributed by atoms with Crippen LogP contribution in [0, 0.1) is 6.92 Å². The van der Waals surface area contributed by atoms with E-state index < -0.39 is 37.6 Å². The molecule has 0 spiro atoms. The fraction of sp³-hybridized carbons (Fsp3) is 0.316. The average Bonchev–Trinajstić information content (AvgIpc) is 2.67. The first-order valence-corrected chi connectivity index (χ1v) is 10.7. The van der Waals surface area contributed by atoms with Gasteiger partial charge in [0.25, 0.3) is 5.91 Å². The summed E-state index contributed by atoms with van der Waals surface area (Å²) in [6, 6.07) is 7.05. The second kappa shape index (κ2) is 8.09. The smallest absolute Gasteiger partial charge is 0.417 e. The van der Waals surface area contributed by atoms with E-state index in [1.807, 2.05) is 0 Å². The Bertz CT molecular complexity index is 1080. The molecule has 0 unspecified atom stereocenters. The first kappa shape index (κ1) is 22.4. The van der Waals surface area contributed by atoms with Gasteiger partial charge in [-0.05, 0) is 42.8 Å². The van der Waals surface area contributed by atoms with Gasteiger partial charge in [0.1, 0.15) is 5.75 Å². The molecule has 2 aromatic carbocycles. The van der Waals surface area contributed by atoms with E-state index in [-0.39, 0.29) is 37.5 Å². The van der Waals surface area contributed by atoms with E-state index >= 15 is 0 Å². The van der Waals surface area contributed by atoms with Crippen LogP contribution in [0.1, 0.15) is 21.5 Å². The van der Waals surface area contributed by atoms with Gasteiger partial charge in [0, 0.05) is 26.2 Å². The molecule has 6 nitrogen and oxygen atoms in total. The summed E-state index contributed by atoms with van der Waals surface area (Å²) < 4.78 is 65.8. The molecule has 1 amide bonds. The quantitative estimate of drug-likeness (QED) is 0.757. The zero-order chi connectivity index (χ0) is 22.3. The standard InChI is InChI=1S/C19H18ClF3N2O4S/c1-12-2-4-14(17(26)10-12)18(27)24-6-8-25(9-7-24)30(28,29)13-3-5-16(20)15(11-13)19(21,22)23/h2-5,10-11,26H,6-9H2,1H3. The van der Waals surface area contributed by atoms with Gasteiger partial charge in [0.15, 0.2) is 0 Å². The zero-order valence-electron chi connectivity index (χ0n) is 15.8. The number of aromatic hydroxyl groups is 1. The SMILES string of the molecule is Cc1ccc(C(=O)N2CCN(S(=O)(=O)c3ccc(Cl)c(C(F)(F)F)c3)CC2)c(O)c1. The lowest BCUT2D eigenvalue weighted by Gasteiger charge is -2.34. The Kier molecular flexibility index (Phi) is 6.03. The number of alkyl halides is 3. The third kappa shape index (κ3) is 4.40. The van der Waals surface area contributed by atoms with Gasteiger partial charge in [-0.3, -0.25) is 4.79 Å². The first-order chi connectivity index (χ1) is 13.9. The van der Waals surface area contributed by atoms with Crippen molar-refractivity contribution in [3.8, 4) is 5.75 Å². The lowest BCUT2D eigenvalue weighted by molar-refractivity contribution is -0.137. The lowest BCUT2D eigenvalue weighted by atomic mass is 10.1. The van der Waals surface area contributed by atoms with E-state index in [4.69, 9.17) is 11.6 Å². The van der Waals surface area contributed by atoms with Crippen molar-refractivity contribution in [1.29, 1.82) is 0 Å². The Labute approximate surface area is 176 Å². The predicted molar refractivity (Wildman–Crippen MR) is 104 cm³/mol. The number of halogens is 4. The Morgan fingerprint density at radius 3 is 2.27 bits per heavy atom. The number of phenolic OH excluding ortho intramolecular Hbond substituents is 1. The molecule has 1 heterocycles. The molecular weight excluding hydrogens is 445 g/mol. The van der Waals surface area contributed by atoms with Crippen molar-refractivity contribution in [2.75, 3.05) is 26.2 Å². The largest absolute Gasteiger partial charge is 0.507 e. The molecule has 0 atom stereocenters. The van der Waals surface area contributed by atoms with Gasteiger partial charge >= 0.3 is 6.18 Å². The van der Waals surface area contributed by atoms with Gasteiger partial charge in [-0.1, -0.05) is 17.7 Å². The zero-order valence-corrected chi connectivity index (χ0v) is 17.4. The Hall–Kier alpha value is -2.30. The maximum atomic E-state index is 13.1. The van der Waals surface area contributed by atoms with Crippen LogP contribution in [-0.4, -0.2) is 54.8 Å². The number of sulfonamides is 1. The summed E-state index contributed by atoms with van der Waals surface area (Å²) in [5.41, 5.74) is -0.348. The van der Waals surface area contributed by atoms with Gasteiger partial charge in [0.05, 0.1) is 21.0 Å². The summed E-state index contributed by atoms with van der Waals surface area (Å²) in [7, 11) is -4.20. The predicted octanol–water partition coefficient (Wildman–Crippen LogP) is 3.52. The van der Waals surface area contributed by atoms with Crippen molar-refractivity contribution in [3.63, 3.8) is 0 Å². The van der Waals surface area contributed by atoms with Gasteiger partial charge in [-0.15, -0.1) is 0 Å². The molecule has 1 aliphatic heterocycles. The second-order valence-electron chi connectivity index (χ2n) is 6.86. The maximum absolute atomic E-state index is 13.1. The molecule has 1 N–H and O–H groups in total. The number of carbonyl (C=O) groups is 1. The van der Waals surface area contributed by atoms with E-state index in [2.05, 4.69) is 0 Å². The minimum Gasteiger partial charge on any atom is -0.507 e. The molecule has 0 radical (unpaired) electrons. The van der Waals surface area contributed by atoms with Crippen LogP contribution in [0.15, 0.2) is 41.3 Å². The fourth-order valence-corrected chi connectivity index (χ4v) is 4.83. The molecule has 30 heavy (non-hydrogen) atoms. The van der Waals surface area contributed by atoms with Crippen molar-refractivity contribution < 1.29 is 31.5 Å². The number of hydrogen-bond acceptors (Lipinski definition) is 4. The fourth-order valence-electron chi connectivity index (χ4n) is 3.16. The second-order valence-corrected chi connectivity index (χ2v) is 9.20. The number of hydrogen-bond donors (Lipinski definition) is 1. The van der Waals surface area contributed by atoms with Crippen molar-refractivity contribution in [1.82, 2.24) is 9.21 Å². The minimum atomic E-state index is -4.79. The molecular formula is C19H18ClF3N2O4S. The molecule has 1 aliphatic rings. The third-order valence-electron chi connectivity index (χ3n) is 4.79. The summed E-state index contributed by atoms with van der Waals surface area (Å²) in [6.45, 7) is 1.64. The highest BCUT2D eigenvalue weighted by Gasteiger charge is 2.36. The number of benzene rings is 2. The number of nitrogens with zero attached hydrogens (tertiary/aromatic N) is 2. The van der Waals surface area contributed by atoms with E-state index in [0.29, 0.717) is 6.07 Å². The highest BCUT2D eigenvalue weighted by atomic mass is 35.5. The molecule has 1 saturated heterocycles. The van der Waals surface area contributed by atoms with Crippen LogP contribution in [-0.2, 0) is 16.2 Å². The number of piperazine rings is 1. The van der Waals surface area contributed by atoms with E-state index in [1.54, 1.807) is 13.0 Å². The van der Waals surface area contributed by atoms with E-state index in [1.165, 1.54) is 17.0 Å². The summed E-state index contributed by atoms with van der Waals surface area (Å²) in [5.74, 6) is -0.619. The Morgan fingerprint density at radius 2 is 1.70 bits per heavy atom. The summed E-state index contributed by atoms with van der Waals surface area (Å²) >= 11 is 5.56. The molecule has 0 bridgehead atoms. The summed E-state index contributed by atoms with van der Waals surface area (Å²) in [5, 5.41) is 9.39. The molecule has 2 aromatic rings. The van der Waals surface area contributed by atoms with Crippen LogP contribution >= 0.6 is 11.6 Å². The minimum absolute atomic E-state index is 0.0328. The number of carbonyl (C=O) groups excluding carboxylic acids is 1. The molecule has 162 valence electrons. The van der Waals surface area contributed by atoms with Crippen molar-refractivity contribution in [2.45, 2.75) is 18.0 Å². The van der Waals surface area contributed by atoms with Gasteiger partial charge in [0.2, 0.25) is 10.0 Å². The van der Waals surface area contributed by atoms with Crippen LogP contribution in [0.3, 0.4) is 0 Å². The molecule has 0 saturated carbocycles.